The van der Waals surface area contributed by atoms with Gasteiger partial charge in [0.2, 0.25) is 23.6 Å². The second-order valence-corrected chi connectivity index (χ2v) is 22.7. The molecule has 6 N–H and O–H groups in total. The Labute approximate surface area is 488 Å². The molecule has 84 heavy (non-hydrogen) atoms. The molecular weight excluding hydrogens is 1070 g/mol. The van der Waals surface area contributed by atoms with Crippen LogP contribution in [0.5, 0.6) is 11.5 Å². The van der Waals surface area contributed by atoms with Crippen LogP contribution >= 0.6 is 0 Å². The third kappa shape index (κ3) is 15.2. The van der Waals surface area contributed by atoms with Crippen LogP contribution in [0.25, 0.3) is 0 Å². The number of aromatic nitrogens is 2. The van der Waals surface area contributed by atoms with Crippen LogP contribution in [0.1, 0.15) is 99.2 Å². The molecule has 0 unspecified atom stereocenters. The van der Waals surface area contributed by atoms with E-state index in [0.717, 1.165) is 22.3 Å². The number of anilines is 2. The molecule has 0 saturated heterocycles. The summed E-state index contributed by atoms with van der Waals surface area (Å²) in [6.07, 6.45) is 2.01. The lowest BCUT2D eigenvalue weighted by molar-refractivity contribution is -0.128. The van der Waals surface area contributed by atoms with Gasteiger partial charge >= 0.3 is 0 Å². The molecule has 0 aliphatic carbocycles. The van der Waals surface area contributed by atoms with Gasteiger partial charge in [0.05, 0.1) is 23.5 Å². The molecule has 0 fully saturated rings. The molecule has 6 aromatic rings. The first-order valence-electron chi connectivity index (χ1n) is 28.1. The van der Waals surface area contributed by atoms with Gasteiger partial charge in [-0.2, -0.15) is 0 Å². The number of amides is 4. The molecule has 2 aliphatic heterocycles. The van der Waals surface area contributed by atoms with Crippen LogP contribution in [0.2, 0.25) is 0 Å². The van der Waals surface area contributed by atoms with Crippen LogP contribution in [0.4, 0.5) is 20.2 Å². The Kier molecular flexibility index (Phi) is 19.7. The van der Waals surface area contributed by atoms with E-state index in [-0.39, 0.29) is 72.4 Å². The van der Waals surface area contributed by atoms with E-state index in [4.69, 9.17) is 9.47 Å². The van der Waals surface area contributed by atoms with Gasteiger partial charge in [0.1, 0.15) is 48.4 Å². The lowest BCUT2D eigenvalue weighted by atomic mass is 9.91. The van der Waals surface area contributed by atoms with Crippen LogP contribution in [-0.4, -0.2) is 98.2 Å². The number of halogens is 2. The second-order valence-electron chi connectivity index (χ2n) is 22.7. The predicted molar refractivity (Wildman–Crippen MR) is 320 cm³/mol. The van der Waals surface area contributed by atoms with E-state index in [1.165, 1.54) is 24.3 Å². The minimum atomic E-state index is -0.881. The van der Waals surface area contributed by atoms with Gasteiger partial charge in [-0.15, -0.1) is 0 Å². The standard InChI is InChI=1S/C66H72F2N8O8/c1-41(69-7)59(77)71-53(63(81)75-39-65(3,4)57-55(75)37-47(61(79)73-57)35-45-13-23-49(67)24-14-45)31-21-43-17-27-51(28-18-43)83-33-11-9-10-12-34-84-52-29-19-44(20-30-52)22-32-54(72-60(78)42(2)70-8)64(82)76-40-66(5,6)58-56(76)38-48(62(80)74-58)36-46-15-25-50(68)26-16-46/h13-20,23-30,37-38,41-42,53-54,69-70H,21-22,31-36,39-40H2,1-8H3,(H,71,77)(H,72,78)(H,73,79)(H,74,80)/t41-,42-,53-,54-/m0/s1. The minimum Gasteiger partial charge on any atom is -0.481 e. The minimum absolute atomic E-state index is 0.0851. The van der Waals surface area contributed by atoms with Crippen LogP contribution < -0.4 is 51.7 Å². The summed E-state index contributed by atoms with van der Waals surface area (Å²) in [6.45, 7) is 12.0. The summed E-state index contributed by atoms with van der Waals surface area (Å²) in [4.78, 5) is 91.3. The molecule has 8 rings (SSSR count). The molecule has 2 aromatic heterocycles. The number of aromatic amines is 2. The van der Waals surface area contributed by atoms with E-state index in [2.05, 4.69) is 54.9 Å². The highest BCUT2D eigenvalue weighted by atomic mass is 19.1. The number of benzene rings is 4. The summed E-state index contributed by atoms with van der Waals surface area (Å²) < 4.78 is 39.0. The molecule has 0 bridgehead atoms. The normalized spacial score (nSPS) is 15.0. The zero-order valence-corrected chi connectivity index (χ0v) is 48.7. The van der Waals surface area contributed by atoms with Crippen molar-refractivity contribution in [2.75, 3.05) is 50.2 Å². The topological polar surface area (TPSA) is 207 Å². The highest BCUT2D eigenvalue weighted by molar-refractivity contribution is 6.02. The molecule has 0 radical (unpaired) electrons. The number of ether oxygens (including phenoxy) is 2. The van der Waals surface area contributed by atoms with Crippen molar-refractivity contribution < 1.29 is 37.4 Å². The van der Waals surface area contributed by atoms with Gasteiger partial charge in [0.25, 0.3) is 11.1 Å². The Morgan fingerprint density at radius 3 is 1.25 bits per heavy atom. The Hall–Kier alpha value is -8.84. The van der Waals surface area contributed by atoms with E-state index in [1.54, 1.807) is 74.1 Å². The number of nitrogens with one attached hydrogen (secondary N) is 6. The van der Waals surface area contributed by atoms with Crippen LogP contribution in [0.15, 0.2) is 119 Å². The zero-order valence-electron chi connectivity index (χ0n) is 48.7. The first-order chi connectivity index (χ1) is 40.1. The molecule has 4 amide bonds. The summed E-state index contributed by atoms with van der Waals surface area (Å²) in [6, 6.07) is 27.3. The number of nitrogens with zero attached hydrogens (tertiary/aromatic N) is 2. The lowest BCUT2D eigenvalue weighted by Gasteiger charge is -2.27. The van der Waals surface area contributed by atoms with E-state index < -0.39 is 35.0 Å². The fraction of sp³-hybridized carbons (Fsp3) is 0.364. The Morgan fingerprint density at radius 1 is 0.560 bits per heavy atom. The average Bonchev–Trinajstić information content (AvgIpc) is 1.77. The van der Waals surface area contributed by atoms with Crippen molar-refractivity contribution in [1.29, 1.82) is 0 Å². The number of carbonyl (C=O) groups excluding carboxylic acids is 4. The van der Waals surface area contributed by atoms with Crippen LogP contribution in [0, 0.1) is 35.3 Å². The molecule has 0 saturated carbocycles. The number of carbonyl (C=O) groups is 4. The third-order valence-electron chi connectivity index (χ3n) is 15.4. The summed E-state index contributed by atoms with van der Waals surface area (Å²) in [5, 5.41) is 11.8. The Bertz CT molecular complexity index is 3380. The van der Waals surface area contributed by atoms with Gasteiger partial charge in [-0.05, 0) is 160 Å². The van der Waals surface area contributed by atoms with Crippen molar-refractivity contribution in [1.82, 2.24) is 31.2 Å². The number of rotatable bonds is 22. The quantitative estimate of drug-likeness (QED) is 0.0398. The highest BCUT2D eigenvalue weighted by Gasteiger charge is 2.43. The molecular formula is C66H72F2N8O8. The van der Waals surface area contributed by atoms with Gasteiger partial charge in [-0.3, -0.25) is 28.8 Å². The first-order valence-corrected chi connectivity index (χ1v) is 28.1. The second kappa shape index (κ2) is 27.0. The molecule has 18 heteroatoms. The lowest BCUT2D eigenvalue weighted by Crippen LogP contribution is -2.53. The van der Waals surface area contributed by atoms with Crippen LogP contribution in [0.3, 0.4) is 0 Å². The maximum absolute atomic E-state index is 14.5. The smallest absolute Gasteiger partial charge is 0.251 e. The van der Waals surface area contributed by atoms with Crippen molar-refractivity contribution >= 4 is 35.0 Å². The summed E-state index contributed by atoms with van der Waals surface area (Å²) in [5.74, 6) is 10.5. The van der Waals surface area contributed by atoms with Gasteiger partial charge in [-0.1, -0.05) is 76.2 Å². The molecule has 0 spiro atoms. The fourth-order valence-corrected chi connectivity index (χ4v) is 10.3. The van der Waals surface area contributed by atoms with Gasteiger partial charge in [-0.25, -0.2) is 8.78 Å². The molecule has 4 atom stereocenters. The number of pyridine rings is 2. The van der Waals surface area contributed by atoms with Crippen molar-refractivity contribution in [2.24, 2.45) is 0 Å². The summed E-state index contributed by atoms with van der Waals surface area (Å²) in [5.41, 5.74) is 4.92. The van der Waals surface area contributed by atoms with Gasteiger partial charge in [0, 0.05) is 59.3 Å². The number of fused-ring (bicyclic) bond motifs is 2. The third-order valence-corrected chi connectivity index (χ3v) is 15.4. The largest absolute Gasteiger partial charge is 0.481 e. The highest BCUT2D eigenvalue weighted by Crippen LogP contribution is 2.41. The zero-order chi connectivity index (χ0) is 60.3. The maximum Gasteiger partial charge on any atom is 0.251 e. The molecule has 4 aromatic carbocycles. The van der Waals surface area contributed by atoms with E-state index >= 15 is 0 Å². The van der Waals surface area contributed by atoms with Crippen molar-refractivity contribution in [3.8, 4) is 35.2 Å². The Morgan fingerprint density at radius 2 is 0.905 bits per heavy atom. The van der Waals surface area contributed by atoms with Crippen molar-refractivity contribution in [3.05, 3.63) is 186 Å². The van der Waals surface area contributed by atoms with Gasteiger partial charge in [0.15, 0.2) is 0 Å². The first kappa shape index (κ1) is 61.2. The van der Waals surface area contributed by atoms with E-state index in [1.807, 2.05) is 76.2 Å². The molecule has 2 aliphatic rings. The monoisotopic (exact) mass is 1140 g/mol. The number of hydrogen-bond donors (Lipinski definition) is 6. The van der Waals surface area contributed by atoms with E-state index in [0.29, 0.717) is 84.2 Å². The fourth-order valence-electron chi connectivity index (χ4n) is 10.3. The van der Waals surface area contributed by atoms with Crippen molar-refractivity contribution in [2.45, 2.75) is 115 Å². The number of likely N-dealkylation sites (N-methyl/N-ethyl adjacent to an activating group) is 2. The molecule has 438 valence electrons. The van der Waals surface area contributed by atoms with E-state index in [9.17, 15) is 37.5 Å². The summed E-state index contributed by atoms with van der Waals surface area (Å²) >= 11 is 0. The maximum atomic E-state index is 14.5. The molecule has 16 nitrogen and oxygen atoms in total. The predicted octanol–water partition coefficient (Wildman–Crippen LogP) is 6.69. The SMILES string of the molecule is CN[C@@H](C)C(=O)N[C@@H](CCc1ccc(OCC#CC#CCOc2ccc(CC[C@H](NC(=O)[C@H](C)NC)C(=O)N3CC(C)(C)c4[nH]c(=O)c(Cc5ccc(F)cc5)cc43)cc2)cc1)C(=O)N1CC(C)(C)c2[nH]c(=O)c(Cc3ccc(F)cc3)cc21. The van der Waals surface area contributed by atoms with Crippen molar-refractivity contribution in [3.63, 3.8) is 0 Å². The Balaban J connectivity index is 0.821. The number of aryl methyl sites for hydroxylation is 2. The van der Waals surface area contributed by atoms with Crippen LogP contribution in [-0.2, 0) is 55.7 Å². The number of hydrogen-bond acceptors (Lipinski definition) is 10. The molecule has 4 heterocycles. The number of H-pyrrole nitrogens is 2. The average molecular weight is 1140 g/mol. The van der Waals surface area contributed by atoms with Gasteiger partial charge < -0.3 is 50.5 Å². The summed E-state index contributed by atoms with van der Waals surface area (Å²) in [7, 11) is 3.34.